The molecule has 0 aliphatic heterocycles. The zero-order chi connectivity index (χ0) is 12.4. The second-order valence-electron chi connectivity index (χ2n) is 5.60. The van der Waals surface area contributed by atoms with Crippen LogP contribution in [0, 0.1) is 11.8 Å². The molecule has 2 nitrogen and oxygen atoms in total. The Labute approximate surface area is 108 Å². The molecule has 0 amide bonds. The summed E-state index contributed by atoms with van der Waals surface area (Å²) in [6.45, 7) is 0.570. The number of carbonyl (C=O) groups is 1. The lowest BCUT2D eigenvalue weighted by atomic mass is 9.81. The van der Waals surface area contributed by atoms with E-state index in [4.69, 9.17) is 4.74 Å². The third-order valence-electron chi connectivity index (χ3n) is 4.41. The molecule has 1 aromatic carbocycles. The lowest BCUT2D eigenvalue weighted by molar-refractivity contribution is -0.130. The van der Waals surface area contributed by atoms with E-state index in [1.807, 2.05) is 18.2 Å². The molecule has 1 aromatic rings. The maximum atomic E-state index is 12.0. The fourth-order valence-corrected chi connectivity index (χ4v) is 3.48. The predicted octanol–water partition coefficient (Wildman–Crippen LogP) is 3.35. The number of benzene rings is 1. The molecule has 2 aliphatic carbocycles. The summed E-state index contributed by atoms with van der Waals surface area (Å²) in [5, 5.41) is 0. The van der Waals surface area contributed by atoms with E-state index in [9.17, 15) is 4.79 Å². The Kier molecular flexibility index (Phi) is 3.46. The third-order valence-corrected chi connectivity index (χ3v) is 4.41. The first-order chi connectivity index (χ1) is 8.84. The zero-order valence-electron chi connectivity index (χ0n) is 10.7. The quantitative estimate of drug-likeness (QED) is 0.815. The molecule has 0 unspecified atom stereocenters. The van der Waals surface area contributed by atoms with E-state index in [0.717, 1.165) is 12.0 Å². The van der Waals surface area contributed by atoms with Gasteiger partial charge in [-0.2, -0.15) is 0 Å². The van der Waals surface area contributed by atoms with Gasteiger partial charge in [0.1, 0.15) is 6.10 Å². The van der Waals surface area contributed by atoms with Crippen molar-refractivity contribution in [3.8, 4) is 0 Å². The van der Waals surface area contributed by atoms with Gasteiger partial charge in [-0.05, 0) is 30.2 Å². The van der Waals surface area contributed by atoms with Crippen molar-refractivity contribution >= 4 is 5.78 Å². The highest BCUT2D eigenvalue weighted by molar-refractivity contribution is 5.86. The first-order valence-electron chi connectivity index (χ1n) is 7.03. The van der Waals surface area contributed by atoms with Crippen LogP contribution in [-0.2, 0) is 16.1 Å². The van der Waals surface area contributed by atoms with E-state index in [1.165, 1.54) is 25.7 Å². The van der Waals surface area contributed by atoms with Crippen molar-refractivity contribution in [2.24, 2.45) is 11.8 Å². The molecule has 0 radical (unpaired) electrons. The Morgan fingerprint density at radius 1 is 1.11 bits per heavy atom. The molecule has 2 saturated carbocycles. The molecule has 0 saturated heterocycles. The normalized spacial score (nSPS) is 31.3. The van der Waals surface area contributed by atoms with Crippen LogP contribution in [0.3, 0.4) is 0 Å². The number of hydrogen-bond donors (Lipinski definition) is 0. The van der Waals surface area contributed by atoms with Crippen LogP contribution in [0.1, 0.15) is 37.7 Å². The van der Waals surface area contributed by atoms with Crippen molar-refractivity contribution in [2.45, 2.75) is 44.8 Å². The number of carbonyl (C=O) groups excluding carboxylic acids is 1. The molecule has 2 fully saturated rings. The molecular formula is C16H20O2. The van der Waals surface area contributed by atoms with Crippen molar-refractivity contribution in [3.05, 3.63) is 35.9 Å². The molecule has 0 aromatic heterocycles. The Bertz CT molecular complexity index is 412. The van der Waals surface area contributed by atoms with E-state index in [0.29, 0.717) is 24.2 Å². The highest BCUT2D eigenvalue weighted by atomic mass is 16.5. The van der Waals surface area contributed by atoms with Crippen LogP contribution in [0.2, 0.25) is 0 Å². The average Bonchev–Trinajstić information content (AvgIpc) is 2.73. The highest BCUT2D eigenvalue weighted by Gasteiger charge is 2.43. The van der Waals surface area contributed by atoms with Crippen LogP contribution >= 0.6 is 0 Å². The van der Waals surface area contributed by atoms with Crippen LogP contribution in [0.15, 0.2) is 30.3 Å². The Hall–Kier alpha value is -1.15. The summed E-state index contributed by atoms with van der Waals surface area (Å²) in [6, 6.07) is 10.1. The van der Waals surface area contributed by atoms with Gasteiger partial charge in [0, 0.05) is 6.42 Å². The summed E-state index contributed by atoms with van der Waals surface area (Å²) in [4.78, 5) is 12.0. The SMILES string of the molecule is O=C1C[C@@H]2CCCC[C@@H]2[C@@H]1OCc1ccccc1. The number of ether oxygens (including phenoxy) is 1. The van der Waals surface area contributed by atoms with Gasteiger partial charge in [-0.25, -0.2) is 0 Å². The van der Waals surface area contributed by atoms with Crippen LogP contribution < -0.4 is 0 Å². The Morgan fingerprint density at radius 2 is 1.89 bits per heavy atom. The van der Waals surface area contributed by atoms with E-state index in [-0.39, 0.29) is 6.10 Å². The van der Waals surface area contributed by atoms with E-state index >= 15 is 0 Å². The van der Waals surface area contributed by atoms with Gasteiger partial charge < -0.3 is 4.74 Å². The summed E-state index contributed by atoms with van der Waals surface area (Å²) in [5.41, 5.74) is 1.16. The molecule has 0 heterocycles. The molecule has 96 valence electrons. The van der Waals surface area contributed by atoms with Crippen LogP contribution in [0.4, 0.5) is 0 Å². The van der Waals surface area contributed by atoms with Crippen molar-refractivity contribution in [1.29, 1.82) is 0 Å². The number of ketones is 1. The molecule has 3 rings (SSSR count). The van der Waals surface area contributed by atoms with Gasteiger partial charge in [0.15, 0.2) is 5.78 Å². The van der Waals surface area contributed by atoms with Crippen molar-refractivity contribution in [2.75, 3.05) is 0 Å². The number of Topliss-reactive ketones (excluding diaryl/α,β-unsaturated/α-hetero) is 1. The van der Waals surface area contributed by atoms with E-state index in [2.05, 4.69) is 12.1 Å². The molecule has 2 heteroatoms. The molecule has 0 spiro atoms. The first kappa shape index (κ1) is 11.9. The van der Waals surface area contributed by atoms with Gasteiger partial charge in [-0.15, -0.1) is 0 Å². The number of fused-ring (bicyclic) bond motifs is 1. The molecule has 2 aliphatic rings. The Morgan fingerprint density at radius 3 is 2.72 bits per heavy atom. The average molecular weight is 244 g/mol. The summed E-state index contributed by atoms with van der Waals surface area (Å²) in [7, 11) is 0. The zero-order valence-corrected chi connectivity index (χ0v) is 10.7. The third kappa shape index (κ3) is 2.35. The second kappa shape index (κ2) is 5.23. The fourth-order valence-electron chi connectivity index (χ4n) is 3.48. The van der Waals surface area contributed by atoms with Crippen molar-refractivity contribution in [1.82, 2.24) is 0 Å². The van der Waals surface area contributed by atoms with E-state index < -0.39 is 0 Å². The van der Waals surface area contributed by atoms with Gasteiger partial charge >= 0.3 is 0 Å². The van der Waals surface area contributed by atoms with E-state index in [1.54, 1.807) is 0 Å². The van der Waals surface area contributed by atoms with Crippen LogP contribution in [0.25, 0.3) is 0 Å². The van der Waals surface area contributed by atoms with Crippen molar-refractivity contribution in [3.63, 3.8) is 0 Å². The summed E-state index contributed by atoms with van der Waals surface area (Å²) >= 11 is 0. The highest BCUT2D eigenvalue weighted by Crippen LogP contribution is 2.42. The summed E-state index contributed by atoms with van der Waals surface area (Å²) in [5.74, 6) is 1.44. The number of hydrogen-bond acceptors (Lipinski definition) is 2. The van der Waals surface area contributed by atoms with Gasteiger partial charge in [0.25, 0.3) is 0 Å². The summed E-state index contributed by atoms with van der Waals surface area (Å²) < 4.78 is 5.92. The number of rotatable bonds is 3. The summed E-state index contributed by atoms with van der Waals surface area (Å²) in [6.07, 6.45) is 5.58. The predicted molar refractivity (Wildman–Crippen MR) is 70.1 cm³/mol. The van der Waals surface area contributed by atoms with Gasteiger partial charge in [-0.3, -0.25) is 4.79 Å². The standard InChI is InChI=1S/C16H20O2/c17-15-10-13-8-4-5-9-14(13)16(15)18-11-12-6-2-1-3-7-12/h1-3,6-7,13-14,16H,4-5,8-11H2/t13-,14-,16-/m0/s1. The van der Waals surface area contributed by atoms with Gasteiger partial charge in [0.2, 0.25) is 0 Å². The van der Waals surface area contributed by atoms with Gasteiger partial charge in [0.05, 0.1) is 6.61 Å². The van der Waals surface area contributed by atoms with Crippen LogP contribution in [0.5, 0.6) is 0 Å². The lowest BCUT2D eigenvalue weighted by Crippen LogP contribution is -2.28. The first-order valence-corrected chi connectivity index (χ1v) is 7.03. The maximum Gasteiger partial charge on any atom is 0.162 e. The minimum Gasteiger partial charge on any atom is -0.365 e. The molecule has 3 atom stereocenters. The van der Waals surface area contributed by atoms with Crippen LogP contribution in [-0.4, -0.2) is 11.9 Å². The fraction of sp³-hybridized carbons (Fsp3) is 0.562. The van der Waals surface area contributed by atoms with Gasteiger partial charge in [-0.1, -0.05) is 43.2 Å². The molecule has 0 N–H and O–H groups in total. The minimum atomic E-state index is -0.129. The minimum absolute atomic E-state index is 0.129. The smallest absolute Gasteiger partial charge is 0.162 e. The molecule has 0 bridgehead atoms. The molecule has 18 heavy (non-hydrogen) atoms. The topological polar surface area (TPSA) is 26.3 Å². The largest absolute Gasteiger partial charge is 0.365 e. The molecular weight excluding hydrogens is 224 g/mol. The second-order valence-corrected chi connectivity index (χ2v) is 5.60. The van der Waals surface area contributed by atoms with Crippen molar-refractivity contribution < 1.29 is 9.53 Å². The Balaban J connectivity index is 1.63. The lowest BCUT2D eigenvalue weighted by Gasteiger charge is -2.28. The maximum absolute atomic E-state index is 12.0. The monoisotopic (exact) mass is 244 g/mol.